The molecule has 1 fully saturated rings. The Morgan fingerprint density at radius 3 is 2.61 bits per heavy atom. The molecule has 2 heterocycles. The lowest BCUT2D eigenvalue weighted by Gasteiger charge is -2.23. The number of carbonyl (C=O) groups is 2. The molecule has 0 aliphatic carbocycles. The van der Waals surface area contributed by atoms with Crippen molar-refractivity contribution in [1.29, 1.82) is 0 Å². The minimum atomic E-state index is -0.866. The lowest BCUT2D eigenvalue weighted by molar-refractivity contribution is -0.132. The lowest BCUT2D eigenvalue weighted by atomic mass is 9.95. The predicted octanol–water partition coefficient (Wildman–Crippen LogP) is 6.87. The van der Waals surface area contributed by atoms with Gasteiger partial charge in [-0.05, 0) is 54.4 Å². The van der Waals surface area contributed by atoms with E-state index in [1.165, 1.54) is 16.2 Å². The second-order valence-electron chi connectivity index (χ2n) is 8.78. The summed E-state index contributed by atoms with van der Waals surface area (Å²) in [6.45, 7) is 2.63. The molecule has 1 aliphatic rings. The molecule has 0 spiro atoms. The number of halogens is 1. The van der Waals surface area contributed by atoms with Gasteiger partial charge in [0.05, 0.1) is 35.5 Å². The average Bonchev–Trinajstić information content (AvgIpc) is 3.46. The Labute approximate surface area is 232 Å². The van der Waals surface area contributed by atoms with Crippen LogP contribution >= 0.6 is 27.3 Å². The van der Waals surface area contributed by atoms with Crippen LogP contribution < -0.4 is 14.4 Å². The smallest absolute Gasteiger partial charge is 0.301 e. The highest BCUT2D eigenvalue weighted by Gasteiger charge is 2.48. The first-order valence-corrected chi connectivity index (χ1v) is 13.8. The van der Waals surface area contributed by atoms with Gasteiger partial charge in [-0.1, -0.05) is 64.9 Å². The Hall–Kier alpha value is -3.69. The topological polar surface area (TPSA) is 89.0 Å². The van der Waals surface area contributed by atoms with Crippen LogP contribution in [0, 0.1) is 0 Å². The maximum Gasteiger partial charge on any atom is 0.301 e. The van der Waals surface area contributed by atoms with E-state index in [2.05, 4.69) is 27.8 Å². The second-order valence-corrected chi connectivity index (χ2v) is 10.7. The van der Waals surface area contributed by atoms with Gasteiger partial charge in [0.2, 0.25) is 0 Å². The summed E-state index contributed by atoms with van der Waals surface area (Å²) in [6, 6.07) is 18.8. The molecule has 0 saturated carbocycles. The van der Waals surface area contributed by atoms with E-state index in [4.69, 9.17) is 9.47 Å². The molecule has 1 unspecified atom stereocenters. The van der Waals surface area contributed by atoms with E-state index in [0.717, 1.165) is 22.0 Å². The normalized spacial score (nSPS) is 16.8. The summed E-state index contributed by atoms with van der Waals surface area (Å²) in [5.74, 6) is -0.537. The minimum Gasteiger partial charge on any atom is -0.507 e. The van der Waals surface area contributed by atoms with Crippen molar-refractivity contribution in [2.45, 2.75) is 25.8 Å². The van der Waals surface area contributed by atoms with Crippen molar-refractivity contribution in [3.63, 3.8) is 0 Å². The number of aliphatic hydroxyl groups is 1. The molecule has 3 aromatic carbocycles. The van der Waals surface area contributed by atoms with Crippen LogP contribution in [0.1, 0.15) is 36.9 Å². The number of ketones is 1. The fourth-order valence-corrected chi connectivity index (χ4v) is 5.62. The van der Waals surface area contributed by atoms with Crippen molar-refractivity contribution in [3.05, 3.63) is 87.9 Å². The van der Waals surface area contributed by atoms with Crippen LogP contribution in [0.2, 0.25) is 0 Å². The number of Topliss-reactive ketones (excluding diaryl/α,β-unsaturated/α-hetero) is 1. The number of fused-ring (bicyclic) bond motifs is 1. The summed E-state index contributed by atoms with van der Waals surface area (Å²) in [6.07, 6.45) is 1.90. The number of unbranched alkanes of at least 4 members (excludes halogenated alkanes) is 1. The highest BCUT2D eigenvalue weighted by Crippen LogP contribution is 2.45. The molecule has 1 amide bonds. The molecule has 1 aromatic heterocycles. The fourth-order valence-electron chi connectivity index (χ4n) is 4.34. The zero-order valence-electron chi connectivity index (χ0n) is 20.8. The van der Waals surface area contributed by atoms with E-state index in [1.54, 1.807) is 37.4 Å². The van der Waals surface area contributed by atoms with Crippen LogP contribution in [0.15, 0.2) is 76.8 Å². The summed E-state index contributed by atoms with van der Waals surface area (Å²) in [4.78, 5) is 33.0. The van der Waals surface area contributed by atoms with Crippen LogP contribution in [-0.2, 0) is 9.59 Å². The molecule has 194 valence electrons. The summed E-state index contributed by atoms with van der Waals surface area (Å²) in [5, 5.41) is 11.8. The van der Waals surface area contributed by atoms with Crippen LogP contribution in [0.5, 0.6) is 11.5 Å². The summed E-state index contributed by atoms with van der Waals surface area (Å²) in [7, 11) is 1.58. The molecule has 0 bridgehead atoms. The maximum atomic E-state index is 13.5. The number of hydrogen-bond donors (Lipinski definition) is 1. The summed E-state index contributed by atoms with van der Waals surface area (Å²) >= 11 is 4.73. The minimum absolute atomic E-state index is 0.000123. The van der Waals surface area contributed by atoms with E-state index in [0.29, 0.717) is 39.9 Å². The zero-order chi connectivity index (χ0) is 26.8. The van der Waals surface area contributed by atoms with Gasteiger partial charge in [-0.15, -0.1) is 0 Å². The van der Waals surface area contributed by atoms with Gasteiger partial charge in [0.1, 0.15) is 17.3 Å². The molecular weight excluding hydrogens is 568 g/mol. The number of aromatic nitrogens is 1. The number of methoxy groups -OCH3 is 1. The molecule has 9 heteroatoms. The summed E-state index contributed by atoms with van der Waals surface area (Å²) in [5.41, 5.74) is 1.74. The third-order valence-electron chi connectivity index (χ3n) is 6.29. The van der Waals surface area contributed by atoms with Gasteiger partial charge < -0.3 is 14.6 Å². The molecule has 1 saturated heterocycles. The Kier molecular flexibility index (Phi) is 7.49. The number of aliphatic hydroxyl groups excluding tert-OH is 1. The molecule has 38 heavy (non-hydrogen) atoms. The third-order valence-corrected chi connectivity index (χ3v) is 7.84. The molecule has 1 N–H and O–H groups in total. The number of rotatable bonds is 8. The van der Waals surface area contributed by atoms with E-state index in [-0.39, 0.29) is 11.3 Å². The standard InChI is InChI=1S/C29H25BrN2O5S/c1-3-4-14-37-21-7-5-6-18(15-21)26(33)24-25(17-8-10-19(30)11-9-17)32(28(35)27(24)34)29-31-22-13-12-20(36-2)16-23(22)38-29/h5-13,15-16,25,33H,3-4,14H2,1-2H3. The van der Waals surface area contributed by atoms with E-state index < -0.39 is 17.7 Å². The van der Waals surface area contributed by atoms with Gasteiger partial charge in [0.15, 0.2) is 5.13 Å². The highest BCUT2D eigenvalue weighted by atomic mass is 79.9. The fraction of sp³-hybridized carbons (Fsp3) is 0.207. The number of thiazole rings is 1. The lowest BCUT2D eigenvalue weighted by Crippen LogP contribution is -2.29. The Morgan fingerprint density at radius 2 is 1.87 bits per heavy atom. The Balaban J connectivity index is 1.64. The van der Waals surface area contributed by atoms with E-state index >= 15 is 0 Å². The molecular formula is C29H25BrN2O5S. The van der Waals surface area contributed by atoms with Crippen molar-refractivity contribution in [3.8, 4) is 11.5 Å². The van der Waals surface area contributed by atoms with Gasteiger partial charge in [-0.2, -0.15) is 0 Å². The van der Waals surface area contributed by atoms with Gasteiger partial charge >= 0.3 is 5.91 Å². The van der Waals surface area contributed by atoms with Crippen LogP contribution in [-0.4, -0.2) is 35.5 Å². The largest absolute Gasteiger partial charge is 0.507 e. The zero-order valence-corrected chi connectivity index (χ0v) is 23.2. The van der Waals surface area contributed by atoms with E-state index in [1.807, 2.05) is 36.4 Å². The van der Waals surface area contributed by atoms with Crippen LogP contribution in [0.3, 0.4) is 0 Å². The summed E-state index contributed by atoms with van der Waals surface area (Å²) < 4.78 is 12.8. The third kappa shape index (κ3) is 4.91. The number of anilines is 1. The van der Waals surface area contributed by atoms with Crippen molar-refractivity contribution in [1.82, 2.24) is 4.98 Å². The molecule has 0 radical (unpaired) electrons. The monoisotopic (exact) mass is 592 g/mol. The van der Waals surface area contributed by atoms with Crippen LogP contribution in [0.25, 0.3) is 16.0 Å². The maximum absolute atomic E-state index is 13.5. The van der Waals surface area contributed by atoms with Crippen molar-refractivity contribution in [2.24, 2.45) is 0 Å². The number of nitrogens with zero attached hydrogens (tertiary/aromatic N) is 2. The first kappa shape index (κ1) is 25.9. The first-order chi connectivity index (χ1) is 18.4. The van der Waals surface area contributed by atoms with Crippen molar-refractivity contribution < 1.29 is 24.2 Å². The highest BCUT2D eigenvalue weighted by molar-refractivity contribution is 9.10. The molecule has 1 atom stereocenters. The first-order valence-electron chi connectivity index (χ1n) is 12.2. The van der Waals surface area contributed by atoms with E-state index in [9.17, 15) is 14.7 Å². The van der Waals surface area contributed by atoms with Gasteiger partial charge in [0, 0.05) is 10.0 Å². The number of benzene rings is 3. The Bertz CT molecular complexity index is 1550. The number of ether oxygens (including phenoxy) is 2. The average molecular weight is 593 g/mol. The molecule has 4 aromatic rings. The number of amides is 1. The quantitative estimate of drug-likeness (QED) is 0.104. The van der Waals surface area contributed by atoms with Gasteiger partial charge in [-0.3, -0.25) is 14.5 Å². The second kappa shape index (κ2) is 11.0. The molecule has 5 rings (SSSR count). The van der Waals surface area contributed by atoms with Gasteiger partial charge in [-0.25, -0.2) is 4.98 Å². The SMILES string of the molecule is CCCCOc1cccc(C(O)=C2C(=O)C(=O)N(c3nc4ccc(OC)cc4s3)C2c2ccc(Br)cc2)c1. The van der Waals surface area contributed by atoms with Crippen molar-refractivity contribution in [2.75, 3.05) is 18.6 Å². The van der Waals surface area contributed by atoms with Crippen molar-refractivity contribution >= 4 is 60.1 Å². The van der Waals surface area contributed by atoms with Gasteiger partial charge in [0.25, 0.3) is 5.78 Å². The number of hydrogen-bond acceptors (Lipinski definition) is 7. The Morgan fingerprint density at radius 1 is 1.08 bits per heavy atom. The van der Waals surface area contributed by atoms with Crippen LogP contribution in [0.4, 0.5) is 5.13 Å². The number of carbonyl (C=O) groups excluding carboxylic acids is 2. The molecule has 1 aliphatic heterocycles. The molecule has 7 nitrogen and oxygen atoms in total. The predicted molar refractivity (Wildman–Crippen MR) is 152 cm³/mol.